The van der Waals surface area contributed by atoms with E-state index < -0.39 is 0 Å². The summed E-state index contributed by atoms with van der Waals surface area (Å²) < 4.78 is 12.9. The molecule has 0 aliphatic heterocycles. The highest BCUT2D eigenvalue weighted by Gasteiger charge is 2.13. The molecule has 0 saturated heterocycles. The number of hydrogen-bond acceptors (Lipinski definition) is 2. The lowest BCUT2D eigenvalue weighted by Gasteiger charge is -2.18. The van der Waals surface area contributed by atoms with Crippen LogP contribution >= 0.6 is 11.6 Å². The Kier molecular flexibility index (Phi) is 7.36. The Labute approximate surface area is 157 Å². The molecule has 26 heavy (non-hydrogen) atoms. The van der Waals surface area contributed by atoms with Crippen molar-refractivity contribution in [2.75, 3.05) is 13.1 Å². The van der Waals surface area contributed by atoms with Crippen molar-refractivity contribution in [3.05, 3.63) is 76.6 Å². The predicted molar refractivity (Wildman–Crippen MR) is 101 cm³/mol. The summed E-state index contributed by atoms with van der Waals surface area (Å²) >= 11 is 5.82. The van der Waals surface area contributed by atoms with Gasteiger partial charge in [-0.1, -0.05) is 35.9 Å². The number of likely N-dealkylation sites (N-methyl/N-ethyl adjacent to an activating group) is 1. The number of carbonyl (C=O) groups excluding carboxylic acids is 2. The van der Waals surface area contributed by atoms with Gasteiger partial charge in [-0.15, -0.1) is 0 Å². The number of nitrogens with one attached hydrogen (secondary N) is 1. The number of halogens is 2. The van der Waals surface area contributed by atoms with Crippen LogP contribution in [0.5, 0.6) is 0 Å². The van der Waals surface area contributed by atoms with Crippen LogP contribution in [0.4, 0.5) is 4.39 Å². The van der Waals surface area contributed by atoms with Gasteiger partial charge in [0.1, 0.15) is 5.82 Å². The summed E-state index contributed by atoms with van der Waals surface area (Å²) in [6, 6.07) is 13.0. The van der Waals surface area contributed by atoms with E-state index in [-0.39, 0.29) is 30.7 Å². The van der Waals surface area contributed by atoms with E-state index in [0.29, 0.717) is 11.6 Å². The van der Waals surface area contributed by atoms with E-state index in [0.717, 1.165) is 11.1 Å². The first kappa shape index (κ1) is 19.7. The van der Waals surface area contributed by atoms with Gasteiger partial charge in [-0.05, 0) is 48.4 Å². The van der Waals surface area contributed by atoms with Gasteiger partial charge in [-0.25, -0.2) is 4.39 Å². The number of benzene rings is 2. The summed E-state index contributed by atoms with van der Waals surface area (Å²) in [5, 5.41) is 3.35. The fourth-order valence-electron chi connectivity index (χ4n) is 2.22. The number of nitrogens with zero attached hydrogens (tertiary/aromatic N) is 1. The molecule has 2 rings (SSSR count). The van der Waals surface area contributed by atoms with Crippen molar-refractivity contribution in [3.63, 3.8) is 0 Å². The van der Waals surface area contributed by atoms with Crippen LogP contribution in [0, 0.1) is 5.82 Å². The minimum absolute atomic E-state index is 0.0402. The number of rotatable bonds is 7. The molecule has 4 nitrogen and oxygen atoms in total. The fraction of sp³-hybridized carbons (Fsp3) is 0.200. The summed E-state index contributed by atoms with van der Waals surface area (Å²) in [4.78, 5) is 25.7. The zero-order valence-corrected chi connectivity index (χ0v) is 15.2. The fourth-order valence-corrected chi connectivity index (χ4v) is 2.35. The van der Waals surface area contributed by atoms with Gasteiger partial charge >= 0.3 is 0 Å². The van der Waals surface area contributed by atoms with Crippen molar-refractivity contribution in [2.24, 2.45) is 0 Å². The summed E-state index contributed by atoms with van der Waals surface area (Å²) in [5.74, 6) is -0.848. The van der Waals surface area contributed by atoms with Gasteiger partial charge in [-0.3, -0.25) is 9.59 Å². The maximum absolute atomic E-state index is 12.9. The van der Waals surface area contributed by atoms with Crippen LogP contribution in [0.3, 0.4) is 0 Å². The van der Waals surface area contributed by atoms with E-state index in [1.807, 2.05) is 0 Å². The maximum atomic E-state index is 12.9. The average Bonchev–Trinajstić information content (AvgIpc) is 2.65. The third kappa shape index (κ3) is 6.33. The van der Waals surface area contributed by atoms with Crippen LogP contribution < -0.4 is 5.32 Å². The molecule has 136 valence electrons. The Hall–Kier alpha value is -2.66. The van der Waals surface area contributed by atoms with Crippen molar-refractivity contribution in [2.45, 2.75) is 13.5 Å². The molecule has 0 aliphatic rings. The second-order valence-corrected chi connectivity index (χ2v) is 6.08. The molecular weight excluding hydrogens is 355 g/mol. The van der Waals surface area contributed by atoms with Crippen LogP contribution in [0.1, 0.15) is 18.1 Å². The van der Waals surface area contributed by atoms with E-state index in [1.54, 1.807) is 49.4 Å². The molecule has 0 fully saturated rings. The monoisotopic (exact) mass is 374 g/mol. The second-order valence-electron chi connectivity index (χ2n) is 5.64. The Bertz CT molecular complexity index is 773. The smallest absolute Gasteiger partial charge is 0.247 e. The van der Waals surface area contributed by atoms with Gasteiger partial charge in [0, 0.05) is 24.2 Å². The Morgan fingerprint density at radius 2 is 1.77 bits per heavy atom. The molecule has 0 saturated carbocycles. The topological polar surface area (TPSA) is 49.4 Å². The molecule has 0 aromatic heterocycles. The highest BCUT2D eigenvalue weighted by molar-refractivity contribution is 6.30. The van der Waals surface area contributed by atoms with Gasteiger partial charge in [0.15, 0.2) is 0 Å². The molecule has 0 radical (unpaired) electrons. The minimum atomic E-state index is -0.324. The van der Waals surface area contributed by atoms with Crippen molar-refractivity contribution in [1.82, 2.24) is 10.2 Å². The Morgan fingerprint density at radius 1 is 1.12 bits per heavy atom. The zero-order chi connectivity index (χ0) is 18.9. The molecule has 0 aliphatic carbocycles. The number of carbonyl (C=O) groups is 2. The van der Waals surface area contributed by atoms with E-state index in [1.165, 1.54) is 23.1 Å². The molecule has 2 aromatic carbocycles. The van der Waals surface area contributed by atoms with E-state index >= 15 is 0 Å². The van der Waals surface area contributed by atoms with Gasteiger partial charge in [0.2, 0.25) is 11.8 Å². The lowest BCUT2D eigenvalue weighted by Crippen LogP contribution is -2.39. The molecular formula is C20H20ClFN2O2. The van der Waals surface area contributed by atoms with Crippen LogP contribution in [0.2, 0.25) is 5.02 Å². The van der Waals surface area contributed by atoms with Crippen LogP contribution in [0.25, 0.3) is 6.08 Å². The molecule has 6 heteroatoms. The zero-order valence-electron chi connectivity index (χ0n) is 14.4. The predicted octanol–water partition coefficient (Wildman–Crippen LogP) is 3.66. The maximum Gasteiger partial charge on any atom is 0.247 e. The van der Waals surface area contributed by atoms with Crippen molar-refractivity contribution >= 4 is 29.5 Å². The quantitative estimate of drug-likeness (QED) is 0.752. The summed E-state index contributed by atoms with van der Waals surface area (Å²) in [7, 11) is 0. The minimum Gasteiger partial charge on any atom is -0.350 e. The van der Waals surface area contributed by atoms with Crippen molar-refractivity contribution in [1.29, 1.82) is 0 Å². The Morgan fingerprint density at radius 3 is 2.38 bits per heavy atom. The second kappa shape index (κ2) is 9.73. The molecule has 2 aromatic rings. The highest BCUT2D eigenvalue weighted by Crippen LogP contribution is 2.10. The van der Waals surface area contributed by atoms with Gasteiger partial charge in [0.25, 0.3) is 0 Å². The van der Waals surface area contributed by atoms with E-state index in [4.69, 9.17) is 11.6 Å². The molecule has 0 spiro atoms. The molecule has 0 bridgehead atoms. The molecule has 0 atom stereocenters. The van der Waals surface area contributed by atoms with Crippen LogP contribution in [-0.2, 0) is 16.1 Å². The Balaban J connectivity index is 1.86. The van der Waals surface area contributed by atoms with E-state index in [9.17, 15) is 14.0 Å². The van der Waals surface area contributed by atoms with Crippen LogP contribution in [0.15, 0.2) is 54.6 Å². The first-order chi connectivity index (χ1) is 12.5. The van der Waals surface area contributed by atoms with Gasteiger partial charge < -0.3 is 10.2 Å². The first-order valence-corrected chi connectivity index (χ1v) is 8.59. The standard InChI is InChI=1S/C20H20ClFN2O2/c1-2-24(20(26)12-7-15-3-8-17(21)9-4-15)14-19(25)23-13-16-5-10-18(22)11-6-16/h3-12H,2,13-14H2,1H3,(H,23,25)/b12-7+. The molecule has 0 heterocycles. The van der Waals surface area contributed by atoms with Gasteiger partial charge in [0.05, 0.1) is 6.54 Å². The summed E-state index contributed by atoms with van der Waals surface area (Å²) in [5.41, 5.74) is 1.64. The van der Waals surface area contributed by atoms with E-state index in [2.05, 4.69) is 5.32 Å². The largest absolute Gasteiger partial charge is 0.350 e. The summed E-state index contributed by atoms with van der Waals surface area (Å²) in [6.45, 7) is 2.46. The highest BCUT2D eigenvalue weighted by atomic mass is 35.5. The normalized spacial score (nSPS) is 10.7. The van der Waals surface area contributed by atoms with Gasteiger partial charge in [-0.2, -0.15) is 0 Å². The lowest BCUT2D eigenvalue weighted by atomic mass is 10.2. The number of hydrogen-bond donors (Lipinski definition) is 1. The third-order valence-electron chi connectivity index (χ3n) is 3.72. The molecule has 1 N–H and O–H groups in total. The average molecular weight is 375 g/mol. The summed E-state index contributed by atoms with van der Waals surface area (Å²) in [6.07, 6.45) is 3.11. The SMILES string of the molecule is CCN(CC(=O)NCc1ccc(F)cc1)C(=O)/C=C/c1ccc(Cl)cc1. The number of amides is 2. The third-order valence-corrected chi connectivity index (χ3v) is 3.97. The molecule has 2 amide bonds. The molecule has 0 unspecified atom stereocenters. The lowest BCUT2D eigenvalue weighted by molar-refractivity contribution is -0.132. The first-order valence-electron chi connectivity index (χ1n) is 8.21. The van der Waals surface area contributed by atoms with Crippen LogP contribution in [-0.4, -0.2) is 29.8 Å². The van der Waals surface area contributed by atoms with Crippen molar-refractivity contribution < 1.29 is 14.0 Å². The van der Waals surface area contributed by atoms with Crippen molar-refractivity contribution in [3.8, 4) is 0 Å².